The van der Waals surface area contributed by atoms with Crippen LogP contribution in [-0.4, -0.2) is 20.9 Å². The van der Waals surface area contributed by atoms with E-state index in [0.29, 0.717) is 18.8 Å². The average Bonchev–Trinajstić information content (AvgIpc) is 3.02. The van der Waals surface area contributed by atoms with E-state index >= 15 is 0 Å². The molecule has 0 aliphatic carbocycles. The van der Waals surface area contributed by atoms with Crippen LogP contribution >= 0.6 is 0 Å². The molecule has 0 bridgehead atoms. The van der Waals surface area contributed by atoms with Crippen molar-refractivity contribution in [1.29, 1.82) is 5.26 Å². The summed E-state index contributed by atoms with van der Waals surface area (Å²) < 4.78 is 31.9. The molecule has 7 heteroatoms. The summed E-state index contributed by atoms with van der Waals surface area (Å²) in [5.41, 5.74) is 1.32. The molecule has 1 N–H and O–H groups in total. The van der Waals surface area contributed by atoms with Crippen molar-refractivity contribution in [2.24, 2.45) is 0 Å². The van der Waals surface area contributed by atoms with E-state index in [1.165, 1.54) is 30.3 Å². The molecule has 23 heavy (non-hydrogen) atoms. The third-order valence-electron chi connectivity index (χ3n) is 3.45. The average molecular weight is 328 g/mol. The van der Waals surface area contributed by atoms with E-state index in [1.54, 1.807) is 12.1 Å². The lowest BCUT2D eigenvalue weighted by Crippen LogP contribution is -2.30. The minimum absolute atomic E-state index is 0.130. The lowest BCUT2D eigenvalue weighted by Gasteiger charge is -2.08. The van der Waals surface area contributed by atoms with Crippen LogP contribution < -0.4 is 9.46 Å². The van der Waals surface area contributed by atoms with Gasteiger partial charge in [-0.05, 0) is 42.0 Å². The number of amides is 1. The summed E-state index contributed by atoms with van der Waals surface area (Å²) in [5, 5.41) is 8.83. The summed E-state index contributed by atoms with van der Waals surface area (Å²) in [6, 6.07) is 12.1. The normalized spacial score (nSPS) is 12.8. The number of sulfonamides is 1. The van der Waals surface area contributed by atoms with E-state index in [9.17, 15) is 13.2 Å². The first-order valence-electron chi connectivity index (χ1n) is 6.83. The summed E-state index contributed by atoms with van der Waals surface area (Å²) in [7, 11) is -4.04. The number of ether oxygens (including phenoxy) is 1. The number of carbonyl (C=O) groups excluding carboxylic acids is 1. The number of benzene rings is 2. The van der Waals surface area contributed by atoms with Gasteiger partial charge in [-0.25, -0.2) is 13.1 Å². The Morgan fingerprint density at radius 1 is 1.22 bits per heavy atom. The Labute approximate surface area is 133 Å². The second-order valence-corrected chi connectivity index (χ2v) is 6.68. The van der Waals surface area contributed by atoms with Gasteiger partial charge in [0.2, 0.25) is 0 Å². The number of carbonyl (C=O) groups is 1. The number of rotatable bonds is 3. The van der Waals surface area contributed by atoms with E-state index in [1.807, 2.05) is 10.8 Å². The van der Waals surface area contributed by atoms with Crippen molar-refractivity contribution in [2.75, 3.05) is 6.61 Å². The lowest BCUT2D eigenvalue weighted by molar-refractivity contribution is 0.0981. The molecule has 0 fully saturated rings. The zero-order valence-corrected chi connectivity index (χ0v) is 12.8. The summed E-state index contributed by atoms with van der Waals surface area (Å²) in [6.45, 7) is 0.555. The molecule has 1 aliphatic heterocycles. The second-order valence-electron chi connectivity index (χ2n) is 5.00. The van der Waals surface area contributed by atoms with Crippen molar-refractivity contribution in [3.63, 3.8) is 0 Å². The number of nitrogens with one attached hydrogen (secondary N) is 1. The fraction of sp³-hybridized carbons (Fsp3) is 0.125. The maximum absolute atomic E-state index is 12.3. The molecule has 2 aromatic rings. The van der Waals surface area contributed by atoms with Crippen molar-refractivity contribution >= 4 is 15.9 Å². The largest absolute Gasteiger partial charge is 0.493 e. The highest BCUT2D eigenvalue weighted by Gasteiger charge is 2.21. The van der Waals surface area contributed by atoms with Crippen LogP contribution in [0.15, 0.2) is 47.4 Å². The van der Waals surface area contributed by atoms with Crippen LogP contribution in [0.5, 0.6) is 5.75 Å². The van der Waals surface area contributed by atoms with Crippen LogP contribution in [0.1, 0.15) is 21.5 Å². The minimum Gasteiger partial charge on any atom is -0.493 e. The maximum Gasteiger partial charge on any atom is 0.265 e. The number of hydrogen-bond acceptors (Lipinski definition) is 5. The molecule has 0 saturated heterocycles. The van der Waals surface area contributed by atoms with Crippen LogP contribution in [0, 0.1) is 11.3 Å². The van der Waals surface area contributed by atoms with E-state index in [2.05, 4.69) is 0 Å². The molecule has 6 nitrogen and oxygen atoms in total. The van der Waals surface area contributed by atoms with Gasteiger partial charge in [0, 0.05) is 12.0 Å². The smallest absolute Gasteiger partial charge is 0.265 e. The van der Waals surface area contributed by atoms with Crippen LogP contribution in [-0.2, 0) is 16.4 Å². The minimum atomic E-state index is -4.04. The van der Waals surface area contributed by atoms with Crippen LogP contribution in [0.3, 0.4) is 0 Å². The van der Waals surface area contributed by atoms with Crippen molar-refractivity contribution < 1.29 is 17.9 Å². The zero-order chi connectivity index (χ0) is 16.4. The predicted octanol–water partition coefficient (Wildman–Crippen LogP) is 1.61. The summed E-state index contributed by atoms with van der Waals surface area (Å²) in [5.74, 6) is -0.00631. The van der Waals surface area contributed by atoms with Gasteiger partial charge in [0.25, 0.3) is 15.9 Å². The van der Waals surface area contributed by atoms with E-state index in [0.717, 1.165) is 5.56 Å². The van der Waals surface area contributed by atoms with Gasteiger partial charge in [0.05, 0.1) is 23.1 Å². The van der Waals surface area contributed by atoms with E-state index in [-0.39, 0.29) is 16.0 Å². The van der Waals surface area contributed by atoms with Crippen LogP contribution in [0.2, 0.25) is 0 Å². The Kier molecular flexibility index (Phi) is 3.76. The molecule has 0 radical (unpaired) electrons. The van der Waals surface area contributed by atoms with E-state index in [4.69, 9.17) is 10.00 Å². The summed E-state index contributed by atoms with van der Waals surface area (Å²) >= 11 is 0. The van der Waals surface area contributed by atoms with Gasteiger partial charge in [0.15, 0.2) is 0 Å². The van der Waals surface area contributed by atoms with Crippen LogP contribution in [0.25, 0.3) is 0 Å². The molecule has 1 heterocycles. The molecule has 116 valence electrons. The molecular weight excluding hydrogens is 316 g/mol. The zero-order valence-electron chi connectivity index (χ0n) is 11.9. The lowest BCUT2D eigenvalue weighted by atomic mass is 10.1. The predicted molar refractivity (Wildman–Crippen MR) is 81.5 cm³/mol. The maximum atomic E-state index is 12.3. The second kappa shape index (κ2) is 5.74. The quantitative estimate of drug-likeness (QED) is 0.923. The standard InChI is InChI=1S/C16H12N2O4S/c17-10-11-2-1-3-14(8-11)23(20,21)18-16(19)13-4-5-15-12(9-13)6-7-22-15/h1-5,8-9H,6-7H2,(H,18,19). The van der Waals surface area contributed by atoms with Crippen molar-refractivity contribution in [3.8, 4) is 11.8 Å². The van der Waals surface area contributed by atoms with Gasteiger partial charge < -0.3 is 4.74 Å². The topological polar surface area (TPSA) is 96.3 Å². The Bertz CT molecular complexity index is 929. The molecule has 1 amide bonds. The monoisotopic (exact) mass is 328 g/mol. The Hall–Kier alpha value is -2.85. The van der Waals surface area contributed by atoms with Gasteiger partial charge in [-0.2, -0.15) is 5.26 Å². The third kappa shape index (κ3) is 3.03. The highest BCUT2D eigenvalue weighted by Crippen LogP contribution is 2.26. The molecule has 0 atom stereocenters. The number of hydrogen-bond donors (Lipinski definition) is 1. The molecule has 1 aliphatic rings. The van der Waals surface area contributed by atoms with Gasteiger partial charge in [-0.1, -0.05) is 6.07 Å². The van der Waals surface area contributed by atoms with Crippen molar-refractivity contribution in [2.45, 2.75) is 11.3 Å². The Morgan fingerprint density at radius 2 is 2.04 bits per heavy atom. The molecule has 3 rings (SSSR count). The number of nitriles is 1. The van der Waals surface area contributed by atoms with Gasteiger partial charge >= 0.3 is 0 Å². The van der Waals surface area contributed by atoms with Crippen molar-refractivity contribution in [3.05, 3.63) is 59.2 Å². The Balaban J connectivity index is 1.85. The fourth-order valence-corrected chi connectivity index (χ4v) is 3.32. The highest BCUT2D eigenvalue weighted by molar-refractivity contribution is 7.90. The first kappa shape index (κ1) is 15.1. The first-order chi connectivity index (χ1) is 11.0. The molecule has 0 saturated carbocycles. The molecule has 0 aromatic heterocycles. The van der Waals surface area contributed by atoms with Crippen LogP contribution in [0.4, 0.5) is 0 Å². The SMILES string of the molecule is N#Cc1cccc(S(=O)(=O)NC(=O)c2ccc3c(c2)CCO3)c1. The number of fused-ring (bicyclic) bond motifs is 1. The van der Waals surface area contributed by atoms with Gasteiger partial charge in [-0.15, -0.1) is 0 Å². The summed E-state index contributed by atoms with van der Waals surface area (Å²) in [6.07, 6.45) is 0.688. The third-order valence-corrected chi connectivity index (χ3v) is 4.78. The van der Waals surface area contributed by atoms with Crippen molar-refractivity contribution in [1.82, 2.24) is 4.72 Å². The first-order valence-corrected chi connectivity index (χ1v) is 8.31. The highest BCUT2D eigenvalue weighted by atomic mass is 32.2. The Morgan fingerprint density at radius 3 is 2.83 bits per heavy atom. The number of nitrogens with zero attached hydrogens (tertiary/aromatic N) is 1. The molecule has 0 unspecified atom stereocenters. The summed E-state index contributed by atoms with van der Waals surface area (Å²) in [4.78, 5) is 12.1. The molecular formula is C16H12N2O4S. The fourth-order valence-electron chi connectivity index (χ4n) is 2.30. The van der Waals surface area contributed by atoms with Gasteiger partial charge in [-0.3, -0.25) is 4.79 Å². The molecule has 0 spiro atoms. The van der Waals surface area contributed by atoms with Gasteiger partial charge in [0.1, 0.15) is 5.75 Å². The van der Waals surface area contributed by atoms with E-state index < -0.39 is 15.9 Å². The molecule has 2 aromatic carbocycles.